The van der Waals surface area contributed by atoms with Gasteiger partial charge < -0.3 is 5.32 Å². The van der Waals surface area contributed by atoms with Gasteiger partial charge in [0.05, 0.1) is 0 Å². The number of hydrogen-bond donors (Lipinski definition) is 1. The van der Waals surface area contributed by atoms with Crippen LogP contribution in [0.25, 0.3) is 0 Å². The largest absolute Gasteiger partial charge is 0.311 e. The van der Waals surface area contributed by atoms with Crippen LogP contribution in [0, 0.1) is 5.92 Å². The predicted molar refractivity (Wildman–Crippen MR) is 80.0 cm³/mol. The fourth-order valence-electron chi connectivity index (χ4n) is 2.86. The van der Waals surface area contributed by atoms with Gasteiger partial charge in [-0.05, 0) is 30.0 Å². The van der Waals surface area contributed by atoms with Crippen molar-refractivity contribution >= 4 is 0 Å². The monoisotopic (exact) mass is 261 g/mol. The molecule has 1 aromatic heterocycles. The molecule has 1 fully saturated rings. The Kier molecular flexibility index (Phi) is 5.34. The first-order valence-corrected chi connectivity index (χ1v) is 7.57. The fourth-order valence-corrected chi connectivity index (χ4v) is 2.86. The van der Waals surface area contributed by atoms with Crippen molar-refractivity contribution in [2.45, 2.75) is 52.2 Å². The highest BCUT2D eigenvalue weighted by Crippen LogP contribution is 2.18. The molecule has 1 N–H and O–H groups in total. The van der Waals surface area contributed by atoms with Crippen molar-refractivity contribution in [2.75, 3.05) is 13.1 Å². The highest BCUT2D eigenvalue weighted by molar-refractivity contribution is 5.10. The van der Waals surface area contributed by atoms with Crippen LogP contribution in [0.5, 0.6) is 0 Å². The van der Waals surface area contributed by atoms with Gasteiger partial charge in [-0.2, -0.15) is 0 Å². The van der Waals surface area contributed by atoms with Crippen LogP contribution in [0.2, 0.25) is 0 Å². The minimum absolute atomic E-state index is 0.620. The van der Waals surface area contributed by atoms with E-state index in [9.17, 15) is 0 Å². The average molecular weight is 261 g/mol. The van der Waals surface area contributed by atoms with Crippen molar-refractivity contribution in [2.24, 2.45) is 5.92 Å². The van der Waals surface area contributed by atoms with E-state index in [-0.39, 0.29) is 0 Å². The van der Waals surface area contributed by atoms with Crippen LogP contribution in [0.3, 0.4) is 0 Å². The maximum Gasteiger partial charge on any atom is 0.0271 e. The molecule has 0 bridgehead atoms. The second kappa shape index (κ2) is 7.01. The zero-order chi connectivity index (χ0) is 13.7. The lowest BCUT2D eigenvalue weighted by Crippen LogP contribution is -2.57. The van der Waals surface area contributed by atoms with Crippen LogP contribution in [0.15, 0.2) is 24.5 Å². The smallest absolute Gasteiger partial charge is 0.0271 e. The van der Waals surface area contributed by atoms with E-state index in [2.05, 4.69) is 48.1 Å². The topological polar surface area (TPSA) is 28.2 Å². The number of nitrogens with zero attached hydrogens (tertiary/aromatic N) is 2. The molecule has 2 atom stereocenters. The number of nitrogens with one attached hydrogen (secondary N) is 1. The van der Waals surface area contributed by atoms with Crippen LogP contribution in [0.4, 0.5) is 0 Å². The summed E-state index contributed by atoms with van der Waals surface area (Å²) in [5, 5.41) is 3.72. The summed E-state index contributed by atoms with van der Waals surface area (Å²) >= 11 is 0. The Morgan fingerprint density at radius 2 is 2.11 bits per heavy atom. The summed E-state index contributed by atoms with van der Waals surface area (Å²) in [5.74, 6) is 0.697. The van der Waals surface area contributed by atoms with Crippen LogP contribution in [-0.2, 0) is 6.54 Å². The molecule has 1 aromatic rings. The molecule has 0 spiro atoms. The van der Waals surface area contributed by atoms with Gasteiger partial charge >= 0.3 is 0 Å². The van der Waals surface area contributed by atoms with Crippen LogP contribution in [0.1, 0.15) is 39.2 Å². The van der Waals surface area contributed by atoms with Gasteiger partial charge in [0, 0.05) is 44.1 Å². The first kappa shape index (κ1) is 14.5. The predicted octanol–water partition coefficient (Wildman–Crippen LogP) is 2.68. The van der Waals surface area contributed by atoms with Gasteiger partial charge in [0.15, 0.2) is 0 Å². The lowest BCUT2D eigenvalue weighted by Gasteiger charge is -2.42. The lowest BCUT2D eigenvalue weighted by atomic mass is 9.97. The highest BCUT2D eigenvalue weighted by atomic mass is 15.2. The van der Waals surface area contributed by atoms with Crippen molar-refractivity contribution in [1.29, 1.82) is 0 Å². The summed E-state index contributed by atoms with van der Waals surface area (Å²) in [6, 6.07) is 5.56. The van der Waals surface area contributed by atoms with Gasteiger partial charge in [0.25, 0.3) is 0 Å². The van der Waals surface area contributed by atoms with Crippen molar-refractivity contribution in [3.05, 3.63) is 30.1 Å². The summed E-state index contributed by atoms with van der Waals surface area (Å²) in [6.07, 6.45) is 6.33. The van der Waals surface area contributed by atoms with E-state index in [0.717, 1.165) is 19.6 Å². The van der Waals surface area contributed by atoms with Gasteiger partial charge in [0.1, 0.15) is 0 Å². The molecule has 1 saturated heterocycles. The van der Waals surface area contributed by atoms with E-state index < -0.39 is 0 Å². The molecule has 3 nitrogen and oxygen atoms in total. The van der Waals surface area contributed by atoms with E-state index in [4.69, 9.17) is 0 Å². The standard InChI is InChI=1S/C16H27N3/c1-4-5-15-10-18-16(13(2)3)12-19(15)11-14-6-8-17-9-7-14/h6-9,13,15-16,18H,4-5,10-12H2,1-3H3. The molecule has 1 aliphatic heterocycles. The summed E-state index contributed by atoms with van der Waals surface area (Å²) in [5.41, 5.74) is 1.38. The molecule has 0 aromatic carbocycles. The van der Waals surface area contributed by atoms with Crippen LogP contribution >= 0.6 is 0 Å². The van der Waals surface area contributed by atoms with Crippen molar-refractivity contribution in [1.82, 2.24) is 15.2 Å². The lowest BCUT2D eigenvalue weighted by molar-refractivity contribution is 0.0997. The molecule has 0 saturated carbocycles. The van der Waals surface area contributed by atoms with Crippen molar-refractivity contribution < 1.29 is 0 Å². The number of aromatic nitrogens is 1. The Labute approximate surface area is 117 Å². The maximum absolute atomic E-state index is 4.11. The molecule has 2 rings (SSSR count). The van der Waals surface area contributed by atoms with Gasteiger partial charge in [0.2, 0.25) is 0 Å². The molecule has 0 radical (unpaired) electrons. The zero-order valence-corrected chi connectivity index (χ0v) is 12.5. The Morgan fingerprint density at radius 3 is 2.74 bits per heavy atom. The van der Waals surface area contributed by atoms with E-state index in [1.165, 1.54) is 18.4 Å². The third-order valence-corrected chi connectivity index (χ3v) is 4.12. The molecular weight excluding hydrogens is 234 g/mol. The molecule has 2 heterocycles. The van der Waals surface area contributed by atoms with E-state index >= 15 is 0 Å². The molecule has 0 aliphatic carbocycles. The van der Waals surface area contributed by atoms with Crippen molar-refractivity contribution in [3.63, 3.8) is 0 Å². The Balaban J connectivity index is 2.03. The minimum Gasteiger partial charge on any atom is -0.311 e. The third kappa shape index (κ3) is 4.02. The second-order valence-corrected chi connectivity index (χ2v) is 5.99. The normalized spacial score (nSPS) is 24.8. The number of rotatable bonds is 5. The SMILES string of the molecule is CCCC1CNC(C(C)C)CN1Cc1ccncc1. The molecule has 0 amide bonds. The second-order valence-electron chi connectivity index (χ2n) is 5.99. The van der Waals surface area contributed by atoms with E-state index in [1.807, 2.05) is 12.4 Å². The van der Waals surface area contributed by atoms with Crippen LogP contribution < -0.4 is 5.32 Å². The average Bonchev–Trinajstić information content (AvgIpc) is 2.42. The highest BCUT2D eigenvalue weighted by Gasteiger charge is 2.28. The Hall–Kier alpha value is -0.930. The first-order chi connectivity index (χ1) is 9.20. The molecule has 1 aliphatic rings. The Bertz CT molecular complexity index is 364. The third-order valence-electron chi connectivity index (χ3n) is 4.12. The van der Waals surface area contributed by atoms with Crippen molar-refractivity contribution in [3.8, 4) is 0 Å². The zero-order valence-electron chi connectivity index (χ0n) is 12.5. The van der Waals surface area contributed by atoms with E-state index in [0.29, 0.717) is 18.0 Å². The van der Waals surface area contributed by atoms with Crippen LogP contribution in [-0.4, -0.2) is 35.1 Å². The number of pyridine rings is 1. The maximum atomic E-state index is 4.11. The first-order valence-electron chi connectivity index (χ1n) is 7.57. The minimum atomic E-state index is 0.620. The van der Waals surface area contributed by atoms with Gasteiger partial charge in [-0.1, -0.05) is 27.2 Å². The molecular formula is C16H27N3. The quantitative estimate of drug-likeness (QED) is 0.883. The number of piperazine rings is 1. The van der Waals surface area contributed by atoms with Gasteiger partial charge in [-0.3, -0.25) is 9.88 Å². The summed E-state index contributed by atoms with van der Waals surface area (Å²) in [6.45, 7) is 10.2. The Morgan fingerprint density at radius 1 is 1.37 bits per heavy atom. The molecule has 19 heavy (non-hydrogen) atoms. The molecule has 3 heteroatoms. The molecule has 2 unspecified atom stereocenters. The van der Waals surface area contributed by atoms with E-state index in [1.54, 1.807) is 0 Å². The number of hydrogen-bond acceptors (Lipinski definition) is 3. The van der Waals surface area contributed by atoms with Gasteiger partial charge in [-0.25, -0.2) is 0 Å². The summed E-state index contributed by atoms with van der Waals surface area (Å²) < 4.78 is 0. The summed E-state index contributed by atoms with van der Waals surface area (Å²) in [7, 11) is 0. The summed E-state index contributed by atoms with van der Waals surface area (Å²) in [4.78, 5) is 6.76. The van der Waals surface area contributed by atoms with Gasteiger partial charge in [-0.15, -0.1) is 0 Å². The fraction of sp³-hybridized carbons (Fsp3) is 0.688. The molecule has 106 valence electrons.